The van der Waals surface area contributed by atoms with E-state index in [4.69, 9.17) is 9.47 Å². The quantitative estimate of drug-likeness (QED) is 0.566. The second-order valence-corrected chi connectivity index (χ2v) is 9.04. The van der Waals surface area contributed by atoms with E-state index in [9.17, 15) is 18.0 Å². The van der Waals surface area contributed by atoms with Gasteiger partial charge in [0, 0.05) is 25.2 Å². The van der Waals surface area contributed by atoms with E-state index in [2.05, 4.69) is 10.1 Å². The minimum absolute atomic E-state index is 0.168. The molecule has 1 amide bonds. The van der Waals surface area contributed by atoms with Gasteiger partial charge in [0.05, 0.1) is 25.2 Å². The number of amides is 1. The Morgan fingerprint density at radius 1 is 1.03 bits per heavy atom. The maximum atomic E-state index is 12.7. The molecule has 1 heterocycles. The lowest BCUT2D eigenvalue weighted by Crippen LogP contribution is -2.40. The number of nitrogens with zero attached hydrogens (tertiary/aromatic N) is 1. The van der Waals surface area contributed by atoms with E-state index in [1.807, 2.05) is 0 Å². The van der Waals surface area contributed by atoms with E-state index in [0.29, 0.717) is 44.2 Å². The van der Waals surface area contributed by atoms with Crippen LogP contribution in [0.25, 0.3) is 0 Å². The number of anilines is 1. The summed E-state index contributed by atoms with van der Waals surface area (Å²) in [5, 5.41) is 2.79. The third-order valence-corrected chi connectivity index (χ3v) is 6.81. The fourth-order valence-corrected chi connectivity index (χ4v) is 4.49. The molecule has 0 bridgehead atoms. The molecular weight excluding hydrogens is 436 g/mol. The monoisotopic (exact) mass is 462 g/mol. The van der Waals surface area contributed by atoms with Crippen LogP contribution >= 0.6 is 0 Å². The fraction of sp³-hybridized carbons (Fsp3) is 0.364. The van der Waals surface area contributed by atoms with Crippen molar-refractivity contribution in [2.24, 2.45) is 0 Å². The number of rotatable bonds is 9. The van der Waals surface area contributed by atoms with Crippen molar-refractivity contribution >= 4 is 27.6 Å². The molecule has 1 aliphatic rings. The molecule has 0 unspecified atom stereocenters. The molecule has 0 aliphatic carbocycles. The van der Waals surface area contributed by atoms with Crippen LogP contribution in [0.5, 0.6) is 5.75 Å². The first-order valence-corrected chi connectivity index (χ1v) is 11.6. The van der Waals surface area contributed by atoms with Crippen LogP contribution in [0, 0.1) is 0 Å². The summed E-state index contributed by atoms with van der Waals surface area (Å²) in [5.41, 5.74) is 1.47. The number of carbonyl (C=O) groups is 2. The number of methoxy groups -OCH3 is 1. The van der Waals surface area contributed by atoms with Crippen molar-refractivity contribution in [1.29, 1.82) is 0 Å². The van der Waals surface area contributed by atoms with Crippen molar-refractivity contribution in [2.45, 2.75) is 17.7 Å². The van der Waals surface area contributed by atoms with Crippen LogP contribution in [0.2, 0.25) is 0 Å². The largest absolute Gasteiger partial charge is 0.482 e. The Morgan fingerprint density at radius 2 is 1.69 bits per heavy atom. The van der Waals surface area contributed by atoms with Crippen LogP contribution in [0.1, 0.15) is 12.0 Å². The molecule has 10 heteroatoms. The Kier molecular flexibility index (Phi) is 8.20. The highest BCUT2D eigenvalue weighted by molar-refractivity contribution is 7.89. The van der Waals surface area contributed by atoms with Gasteiger partial charge in [-0.3, -0.25) is 4.79 Å². The fourth-order valence-electron chi connectivity index (χ4n) is 3.08. The number of aryl methyl sites for hydroxylation is 1. The molecule has 172 valence electrons. The molecule has 1 N–H and O–H groups in total. The molecule has 0 spiro atoms. The van der Waals surface area contributed by atoms with Crippen LogP contribution in [0.15, 0.2) is 53.4 Å². The van der Waals surface area contributed by atoms with Crippen LogP contribution < -0.4 is 10.1 Å². The Bertz CT molecular complexity index is 1020. The molecule has 0 radical (unpaired) electrons. The topological polar surface area (TPSA) is 111 Å². The third-order valence-electron chi connectivity index (χ3n) is 4.89. The lowest BCUT2D eigenvalue weighted by Gasteiger charge is -2.26. The summed E-state index contributed by atoms with van der Waals surface area (Å²) in [6, 6.07) is 13.3. The lowest BCUT2D eigenvalue weighted by atomic mass is 10.1. The van der Waals surface area contributed by atoms with Crippen molar-refractivity contribution in [1.82, 2.24) is 4.31 Å². The summed E-state index contributed by atoms with van der Waals surface area (Å²) in [7, 11) is -2.24. The van der Waals surface area contributed by atoms with Gasteiger partial charge in [-0.25, -0.2) is 13.2 Å². The molecular formula is C22H26N2O7S. The van der Waals surface area contributed by atoms with Gasteiger partial charge in [-0.1, -0.05) is 12.1 Å². The maximum absolute atomic E-state index is 12.7. The number of nitrogens with one attached hydrogen (secondary N) is 1. The minimum atomic E-state index is -3.53. The van der Waals surface area contributed by atoms with Gasteiger partial charge in [0.1, 0.15) is 5.75 Å². The second kappa shape index (κ2) is 11.1. The van der Waals surface area contributed by atoms with Crippen molar-refractivity contribution in [3.63, 3.8) is 0 Å². The molecule has 2 aromatic carbocycles. The van der Waals surface area contributed by atoms with Crippen LogP contribution in [0.4, 0.5) is 5.69 Å². The summed E-state index contributed by atoms with van der Waals surface area (Å²) in [6.07, 6.45) is 0.722. The number of benzene rings is 2. The normalized spacial score (nSPS) is 14.5. The molecule has 2 aromatic rings. The lowest BCUT2D eigenvalue weighted by molar-refractivity contribution is -0.142. The highest BCUT2D eigenvalue weighted by Gasteiger charge is 2.26. The van der Waals surface area contributed by atoms with Crippen molar-refractivity contribution in [2.75, 3.05) is 45.3 Å². The number of ether oxygens (including phenoxy) is 3. The number of esters is 1. The van der Waals surface area contributed by atoms with Gasteiger partial charge < -0.3 is 19.5 Å². The smallest absolute Gasteiger partial charge is 0.343 e. The van der Waals surface area contributed by atoms with Gasteiger partial charge in [-0.15, -0.1) is 0 Å². The van der Waals surface area contributed by atoms with E-state index < -0.39 is 16.0 Å². The summed E-state index contributed by atoms with van der Waals surface area (Å²) in [5.74, 6) is -0.159. The van der Waals surface area contributed by atoms with Gasteiger partial charge in [-0.05, 0) is 48.4 Å². The predicted molar refractivity (Wildman–Crippen MR) is 117 cm³/mol. The minimum Gasteiger partial charge on any atom is -0.482 e. The van der Waals surface area contributed by atoms with Crippen molar-refractivity contribution < 1.29 is 32.2 Å². The number of sulfonamides is 1. The van der Waals surface area contributed by atoms with Gasteiger partial charge in [-0.2, -0.15) is 4.31 Å². The second-order valence-electron chi connectivity index (χ2n) is 7.10. The van der Waals surface area contributed by atoms with Crippen molar-refractivity contribution in [3.05, 3.63) is 54.1 Å². The Morgan fingerprint density at radius 3 is 2.31 bits per heavy atom. The molecule has 3 rings (SSSR count). The van der Waals surface area contributed by atoms with E-state index in [1.165, 1.54) is 11.4 Å². The van der Waals surface area contributed by atoms with E-state index in [0.717, 1.165) is 5.56 Å². The highest BCUT2D eigenvalue weighted by atomic mass is 32.2. The molecule has 0 atom stereocenters. The summed E-state index contributed by atoms with van der Waals surface area (Å²) < 4.78 is 41.7. The summed E-state index contributed by atoms with van der Waals surface area (Å²) in [4.78, 5) is 23.6. The Hall–Kier alpha value is -2.95. The zero-order chi connectivity index (χ0) is 23.0. The third kappa shape index (κ3) is 6.52. The van der Waals surface area contributed by atoms with Gasteiger partial charge in [0.2, 0.25) is 15.9 Å². The highest BCUT2D eigenvalue weighted by Crippen LogP contribution is 2.19. The SMILES string of the molecule is COC(=O)COc1ccc(NC(=O)CCc2ccc(S(=O)(=O)N3CCOCC3)cc2)cc1. The molecule has 1 saturated heterocycles. The maximum Gasteiger partial charge on any atom is 0.343 e. The summed E-state index contributed by atoms with van der Waals surface area (Å²) >= 11 is 0. The Labute approximate surface area is 187 Å². The average Bonchev–Trinajstić information content (AvgIpc) is 2.83. The van der Waals surface area contributed by atoms with Gasteiger partial charge in [0.25, 0.3) is 0 Å². The van der Waals surface area contributed by atoms with Gasteiger partial charge in [0.15, 0.2) is 6.61 Å². The molecule has 9 nitrogen and oxygen atoms in total. The van der Waals surface area contributed by atoms with Gasteiger partial charge >= 0.3 is 5.97 Å². The average molecular weight is 463 g/mol. The molecule has 1 fully saturated rings. The number of carbonyl (C=O) groups excluding carboxylic acids is 2. The van der Waals surface area contributed by atoms with E-state index in [-0.39, 0.29) is 23.8 Å². The zero-order valence-corrected chi connectivity index (χ0v) is 18.6. The van der Waals surface area contributed by atoms with E-state index >= 15 is 0 Å². The predicted octanol–water partition coefficient (Wildman–Crippen LogP) is 1.83. The van der Waals surface area contributed by atoms with Crippen molar-refractivity contribution in [3.8, 4) is 5.75 Å². The first-order valence-electron chi connectivity index (χ1n) is 10.1. The number of hydrogen-bond donors (Lipinski definition) is 1. The first kappa shape index (κ1) is 23.7. The standard InChI is InChI=1S/C22H26N2O7S/c1-29-22(26)16-31-19-7-5-18(6-8-19)23-21(25)11-4-17-2-9-20(10-3-17)32(27,28)24-12-14-30-15-13-24/h2-3,5-10H,4,11-16H2,1H3,(H,23,25). The molecule has 1 aliphatic heterocycles. The Balaban J connectivity index is 1.48. The number of morpholine rings is 1. The molecule has 0 aromatic heterocycles. The van der Waals surface area contributed by atoms with Crippen LogP contribution in [-0.2, 0) is 35.5 Å². The first-order chi connectivity index (χ1) is 15.4. The molecule has 32 heavy (non-hydrogen) atoms. The molecule has 0 saturated carbocycles. The zero-order valence-electron chi connectivity index (χ0n) is 17.8. The van der Waals surface area contributed by atoms with Crippen LogP contribution in [-0.4, -0.2) is 64.6 Å². The summed E-state index contributed by atoms with van der Waals surface area (Å²) in [6.45, 7) is 1.31. The van der Waals surface area contributed by atoms with E-state index in [1.54, 1.807) is 48.5 Å². The number of hydrogen-bond acceptors (Lipinski definition) is 7. The van der Waals surface area contributed by atoms with Crippen LogP contribution in [0.3, 0.4) is 0 Å².